The number of aromatic nitrogens is 1. The standard InChI is InChI=1S/C22H23N3O2S/c1-4-16-11-17-8-5-7-14(2)21(17)25-22(16)28-13-20(27)24-19-10-6-9-18(12-19)23-15(3)26/h5-12H,4,13H2,1-3H3,(H,23,26)(H,24,27). The number of nitrogens with one attached hydrogen (secondary N) is 2. The van der Waals surface area contributed by atoms with Gasteiger partial charge >= 0.3 is 0 Å². The molecule has 2 amide bonds. The summed E-state index contributed by atoms with van der Waals surface area (Å²) in [4.78, 5) is 28.4. The predicted molar refractivity (Wildman–Crippen MR) is 116 cm³/mol. The summed E-state index contributed by atoms with van der Waals surface area (Å²) in [5.41, 5.74) is 4.54. The van der Waals surface area contributed by atoms with Crippen LogP contribution in [0.15, 0.2) is 53.6 Å². The number of anilines is 2. The van der Waals surface area contributed by atoms with Gasteiger partial charge in [-0.25, -0.2) is 4.98 Å². The van der Waals surface area contributed by atoms with Gasteiger partial charge in [0.2, 0.25) is 11.8 Å². The Kier molecular flexibility index (Phi) is 6.31. The minimum atomic E-state index is -0.149. The van der Waals surface area contributed by atoms with Crippen molar-refractivity contribution in [2.75, 3.05) is 16.4 Å². The number of hydrogen-bond donors (Lipinski definition) is 2. The maximum Gasteiger partial charge on any atom is 0.234 e. The largest absolute Gasteiger partial charge is 0.326 e. The highest BCUT2D eigenvalue weighted by Gasteiger charge is 2.11. The molecule has 0 aliphatic rings. The molecule has 5 nitrogen and oxygen atoms in total. The van der Waals surface area contributed by atoms with E-state index in [-0.39, 0.29) is 17.6 Å². The molecule has 1 aromatic heterocycles. The molecule has 6 heteroatoms. The van der Waals surface area contributed by atoms with Crippen LogP contribution in [0.2, 0.25) is 0 Å². The Balaban J connectivity index is 1.71. The molecule has 0 saturated heterocycles. The molecular formula is C22H23N3O2S. The van der Waals surface area contributed by atoms with E-state index in [2.05, 4.69) is 29.7 Å². The van der Waals surface area contributed by atoms with Gasteiger partial charge in [-0.05, 0) is 48.7 Å². The quantitative estimate of drug-likeness (QED) is 0.591. The van der Waals surface area contributed by atoms with E-state index in [1.807, 2.05) is 19.1 Å². The summed E-state index contributed by atoms with van der Waals surface area (Å²) in [6.45, 7) is 5.59. The number of hydrogen-bond acceptors (Lipinski definition) is 4. The fraction of sp³-hybridized carbons (Fsp3) is 0.227. The van der Waals surface area contributed by atoms with Crippen molar-refractivity contribution in [1.29, 1.82) is 0 Å². The Bertz CT molecular complexity index is 1030. The summed E-state index contributed by atoms with van der Waals surface area (Å²) in [5.74, 6) is 0.00406. The molecule has 0 aliphatic carbocycles. The van der Waals surface area contributed by atoms with Crippen LogP contribution in [-0.4, -0.2) is 22.6 Å². The van der Waals surface area contributed by atoms with E-state index in [0.29, 0.717) is 11.4 Å². The van der Waals surface area contributed by atoms with Crippen LogP contribution >= 0.6 is 11.8 Å². The number of nitrogens with zero attached hydrogens (tertiary/aromatic N) is 1. The van der Waals surface area contributed by atoms with Crippen molar-refractivity contribution in [2.24, 2.45) is 0 Å². The maximum atomic E-state index is 12.4. The Labute approximate surface area is 168 Å². The second kappa shape index (κ2) is 8.89. The fourth-order valence-electron chi connectivity index (χ4n) is 2.96. The number of aryl methyl sites for hydroxylation is 2. The van der Waals surface area contributed by atoms with Gasteiger partial charge in [0, 0.05) is 23.7 Å². The van der Waals surface area contributed by atoms with Gasteiger partial charge in [-0.15, -0.1) is 0 Å². The lowest BCUT2D eigenvalue weighted by molar-refractivity contribution is -0.114. The van der Waals surface area contributed by atoms with E-state index in [1.54, 1.807) is 24.3 Å². The molecule has 2 N–H and O–H groups in total. The van der Waals surface area contributed by atoms with E-state index in [0.717, 1.165) is 33.5 Å². The SMILES string of the molecule is CCc1cc2cccc(C)c2nc1SCC(=O)Nc1cccc(NC(C)=O)c1. The molecule has 0 spiro atoms. The number of amides is 2. The van der Waals surface area contributed by atoms with E-state index in [9.17, 15) is 9.59 Å². The number of thioether (sulfide) groups is 1. The molecule has 0 atom stereocenters. The first-order valence-corrected chi connectivity index (χ1v) is 10.1. The van der Waals surface area contributed by atoms with Crippen molar-refractivity contribution in [3.8, 4) is 0 Å². The van der Waals surface area contributed by atoms with Crippen LogP contribution in [0.4, 0.5) is 11.4 Å². The van der Waals surface area contributed by atoms with Crippen LogP contribution in [0, 0.1) is 6.92 Å². The van der Waals surface area contributed by atoms with E-state index < -0.39 is 0 Å². The van der Waals surface area contributed by atoms with Crippen LogP contribution in [0.5, 0.6) is 0 Å². The van der Waals surface area contributed by atoms with Crippen molar-refractivity contribution in [3.05, 3.63) is 59.7 Å². The number of pyridine rings is 1. The topological polar surface area (TPSA) is 71.1 Å². The molecular weight excluding hydrogens is 370 g/mol. The Morgan fingerprint density at radius 1 is 1.04 bits per heavy atom. The number of para-hydroxylation sites is 1. The highest BCUT2D eigenvalue weighted by molar-refractivity contribution is 8.00. The smallest absolute Gasteiger partial charge is 0.234 e. The zero-order valence-corrected chi connectivity index (χ0v) is 17.0. The third-order valence-electron chi connectivity index (χ3n) is 4.27. The number of carbonyl (C=O) groups excluding carboxylic acids is 2. The Hall–Kier alpha value is -2.86. The molecule has 144 valence electrons. The zero-order valence-electron chi connectivity index (χ0n) is 16.2. The van der Waals surface area contributed by atoms with Crippen molar-refractivity contribution in [2.45, 2.75) is 32.2 Å². The lowest BCUT2D eigenvalue weighted by Gasteiger charge is -2.11. The molecule has 0 unspecified atom stereocenters. The Morgan fingerprint density at radius 2 is 1.75 bits per heavy atom. The summed E-state index contributed by atoms with van der Waals surface area (Å²) < 4.78 is 0. The molecule has 3 rings (SSSR count). The average molecular weight is 394 g/mol. The number of carbonyl (C=O) groups is 2. The van der Waals surface area contributed by atoms with E-state index in [1.165, 1.54) is 18.7 Å². The van der Waals surface area contributed by atoms with Gasteiger partial charge in [0.15, 0.2) is 0 Å². The monoisotopic (exact) mass is 393 g/mol. The minimum absolute atomic E-state index is 0.112. The van der Waals surface area contributed by atoms with Gasteiger partial charge in [0.05, 0.1) is 11.3 Å². The summed E-state index contributed by atoms with van der Waals surface area (Å²) >= 11 is 1.44. The second-order valence-electron chi connectivity index (χ2n) is 6.55. The normalized spacial score (nSPS) is 10.7. The van der Waals surface area contributed by atoms with Gasteiger partial charge in [0.1, 0.15) is 5.03 Å². The van der Waals surface area contributed by atoms with Gasteiger partial charge in [-0.2, -0.15) is 0 Å². The molecule has 0 aliphatic heterocycles. The average Bonchev–Trinajstić information content (AvgIpc) is 2.66. The van der Waals surface area contributed by atoms with Crippen molar-refractivity contribution >= 4 is 45.9 Å². The highest BCUT2D eigenvalue weighted by Crippen LogP contribution is 2.27. The van der Waals surface area contributed by atoms with E-state index >= 15 is 0 Å². The van der Waals surface area contributed by atoms with Gasteiger partial charge in [0.25, 0.3) is 0 Å². The van der Waals surface area contributed by atoms with Gasteiger partial charge in [-0.1, -0.05) is 43.0 Å². The first kappa shape index (κ1) is 19.9. The molecule has 28 heavy (non-hydrogen) atoms. The van der Waals surface area contributed by atoms with E-state index in [4.69, 9.17) is 4.98 Å². The second-order valence-corrected chi connectivity index (χ2v) is 7.52. The fourth-order valence-corrected chi connectivity index (χ4v) is 3.85. The minimum Gasteiger partial charge on any atom is -0.326 e. The third-order valence-corrected chi connectivity index (χ3v) is 5.31. The van der Waals surface area contributed by atoms with Crippen molar-refractivity contribution in [3.63, 3.8) is 0 Å². The molecule has 2 aromatic carbocycles. The summed E-state index contributed by atoms with van der Waals surface area (Å²) in [7, 11) is 0. The lowest BCUT2D eigenvalue weighted by atomic mass is 10.1. The molecule has 0 radical (unpaired) electrons. The van der Waals surface area contributed by atoms with Crippen LogP contribution in [0.1, 0.15) is 25.0 Å². The van der Waals surface area contributed by atoms with Gasteiger partial charge in [-0.3, -0.25) is 9.59 Å². The molecule has 0 bridgehead atoms. The number of fused-ring (bicyclic) bond motifs is 1. The van der Waals surface area contributed by atoms with Crippen LogP contribution in [-0.2, 0) is 16.0 Å². The first-order chi connectivity index (χ1) is 13.5. The Morgan fingerprint density at radius 3 is 2.46 bits per heavy atom. The zero-order chi connectivity index (χ0) is 20.1. The van der Waals surface area contributed by atoms with Crippen molar-refractivity contribution in [1.82, 2.24) is 4.98 Å². The van der Waals surface area contributed by atoms with Crippen LogP contribution in [0.3, 0.4) is 0 Å². The van der Waals surface area contributed by atoms with Crippen molar-refractivity contribution < 1.29 is 9.59 Å². The molecule has 0 fully saturated rings. The number of benzene rings is 2. The first-order valence-electron chi connectivity index (χ1n) is 9.16. The molecule has 0 saturated carbocycles. The van der Waals surface area contributed by atoms with Crippen LogP contribution in [0.25, 0.3) is 10.9 Å². The highest BCUT2D eigenvalue weighted by atomic mass is 32.2. The van der Waals surface area contributed by atoms with Gasteiger partial charge < -0.3 is 10.6 Å². The van der Waals surface area contributed by atoms with Crippen LogP contribution < -0.4 is 10.6 Å². The lowest BCUT2D eigenvalue weighted by Crippen LogP contribution is -2.15. The summed E-state index contributed by atoms with van der Waals surface area (Å²) in [6, 6.07) is 15.4. The predicted octanol–water partition coefficient (Wildman–Crippen LogP) is 4.79. The number of rotatable bonds is 6. The summed E-state index contributed by atoms with van der Waals surface area (Å²) in [5, 5.41) is 7.60. The summed E-state index contributed by atoms with van der Waals surface area (Å²) in [6.07, 6.45) is 0.861. The third kappa shape index (κ3) is 4.89. The molecule has 3 aromatic rings. The maximum absolute atomic E-state index is 12.4. The molecule has 1 heterocycles.